The van der Waals surface area contributed by atoms with Crippen molar-refractivity contribution in [3.63, 3.8) is 0 Å². The Kier molecular flexibility index (Phi) is 4.88. The molecule has 0 unspecified atom stereocenters. The number of likely N-dealkylation sites (tertiary alicyclic amines) is 1. The molecule has 1 saturated heterocycles. The zero-order chi connectivity index (χ0) is 24.5. The van der Waals surface area contributed by atoms with Gasteiger partial charge in [-0.15, -0.1) is 0 Å². The van der Waals surface area contributed by atoms with Crippen LogP contribution < -0.4 is 14.8 Å². The van der Waals surface area contributed by atoms with E-state index in [4.69, 9.17) is 9.47 Å². The summed E-state index contributed by atoms with van der Waals surface area (Å²) >= 11 is 0. The lowest BCUT2D eigenvalue weighted by Crippen LogP contribution is -2.81. The van der Waals surface area contributed by atoms with Crippen molar-refractivity contribution in [2.75, 3.05) is 20.2 Å². The Morgan fingerprint density at radius 1 is 1.19 bits per heavy atom. The Morgan fingerprint density at radius 2 is 2.03 bits per heavy atom. The standard InChI is InChI=1S/C30H32N2O4/c1-35-23-11-10-21-17-24-30(31-25(34)12-9-19-5-3-2-4-6-19)14-13-22(33)28-29(30,26(21)27(23)36-28)15-16-32(24)18-20-7-8-20/h2-6,9-12,20,24,28H,7-8,13-18H2,1H3,(H,31,34)/b12-9+/t24-,28+,29+,30-/m1/s1. The molecule has 4 atom stereocenters. The molecule has 3 fully saturated rings. The average molecular weight is 485 g/mol. The second kappa shape index (κ2) is 7.94. The van der Waals surface area contributed by atoms with E-state index in [1.54, 1.807) is 13.2 Å². The maximum Gasteiger partial charge on any atom is 0.244 e. The van der Waals surface area contributed by atoms with Gasteiger partial charge in [-0.3, -0.25) is 14.5 Å². The smallest absolute Gasteiger partial charge is 0.244 e. The number of Topliss-reactive ketones (excluding diaryl/α,β-unsaturated/α-hetero) is 1. The number of benzene rings is 2. The number of hydrogen-bond acceptors (Lipinski definition) is 5. The van der Waals surface area contributed by atoms with Gasteiger partial charge in [0.25, 0.3) is 0 Å². The zero-order valence-corrected chi connectivity index (χ0v) is 20.7. The number of amides is 1. The van der Waals surface area contributed by atoms with Gasteiger partial charge < -0.3 is 14.8 Å². The van der Waals surface area contributed by atoms with Crippen LogP contribution in [0, 0.1) is 5.92 Å². The Balaban J connectivity index is 1.36. The number of rotatable bonds is 6. The van der Waals surface area contributed by atoms with Gasteiger partial charge in [0.15, 0.2) is 23.4 Å². The number of hydrogen-bond donors (Lipinski definition) is 1. The van der Waals surface area contributed by atoms with Gasteiger partial charge in [-0.2, -0.15) is 0 Å². The number of ether oxygens (including phenoxy) is 2. The van der Waals surface area contributed by atoms with Gasteiger partial charge in [-0.05, 0) is 67.8 Å². The van der Waals surface area contributed by atoms with Crippen molar-refractivity contribution in [3.8, 4) is 11.5 Å². The molecular weight excluding hydrogens is 452 g/mol. The predicted octanol–water partition coefficient (Wildman–Crippen LogP) is 3.67. The fraction of sp³-hybridized carbons (Fsp3) is 0.467. The van der Waals surface area contributed by atoms with Crippen LogP contribution in [0.2, 0.25) is 0 Å². The van der Waals surface area contributed by atoms with Gasteiger partial charge in [0.05, 0.1) is 18.1 Å². The molecule has 0 radical (unpaired) electrons. The molecule has 6 nitrogen and oxygen atoms in total. The molecule has 2 bridgehead atoms. The first-order valence-corrected chi connectivity index (χ1v) is 13.2. The Labute approximate surface area is 211 Å². The maximum atomic E-state index is 13.6. The first kappa shape index (κ1) is 22.1. The molecule has 6 heteroatoms. The number of carbonyl (C=O) groups excluding carboxylic acids is 2. The van der Waals surface area contributed by atoms with Crippen molar-refractivity contribution < 1.29 is 19.1 Å². The van der Waals surface area contributed by atoms with E-state index in [1.807, 2.05) is 42.5 Å². The van der Waals surface area contributed by atoms with Gasteiger partial charge in [0.2, 0.25) is 5.91 Å². The van der Waals surface area contributed by atoms with E-state index in [0.29, 0.717) is 24.3 Å². The minimum Gasteiger partial charge on any atom is -0.493 e. The van der Waals surface area contributed by atoms with Crippen LogP contribution in [0.15, 0.2) is 48.5 Å². The SMILES string of the molecule is COc1ccc2c3c1O[C@H]1C(=O)CC[C@@]4(NC(=O)/C=C/c5ccccc5)[C@@H](C2)N(CC2CC2)CC[C@]314. The van der Waals surface area contributed by atoms with E-state index < -0.39 is 17.1 Å². The third-order valence-electron chi connectivity index (χ3n) is 9.39. The summed E-state index contributed by atoms with van der Waals surface area (Å²) in [7, 11) is 1.65. The molecule has 2 saturated carbocycles. The molecule has 2 aromatic carbocycles. The number of piperidine rings is 1. The summed E-state index contributed by atoms with van der Waals surface area (Å²) in [6, 6.07) is 14.1. The zero-order valence-electron chi connectivity index (χ0n) is 20.7. The molecule has 1 N–H and O–H groups in total. The minimum absolute atomic E-state index is 0.107. The monoisotopic (exact) mass is 484 g/mol. The molecule has 5 aliphatic rings. The lowest BCUT2D eigenvalue weighted by molar-refractivity contribution is -0.148. The summed E-state index contributed by atoms with van der Waals surface area (Å²) in [6.45, 7) is 1.98. The second-order valence-corrected chi connectivity index (χ2v) is 11.2. The number of nitrogens with zero attached hydrogens (tertiary/aromatic N) is 1. The topological polar surface area (TPSA) is 67.9 Å². The van der Waals surface area contributed by atoms with Crippen molar-refractivity contribution in [2.45, 2.75) is 61.6 Å². The van der Waals surface area contributed by atoms with Crippen LogP contribution in [-0.4, -0.2) is 54.5 Å². The van der Waals surface area contributed by atoms with E-state index in [9.17, 15) is 9.59 Å². The van der Waals surface area contributed by atoms with Gasteiger partial charge >= 0.3 is 0 Å². The highest BCUT2D eigenvalue weighted by molar-refractivity contribution is 5.95. The largest absolute Gasteiger partial charge is 0.493 e. The minimum atomic E-state index is -0.583. The van der Waals surface area contributed by atoms with Crippen LogP contribution in [0.3, 0.4) is 0 Å². The third-order valence-corrected chi connectivity index (χ3v) is 9.39. The maximum absolute atomic E-state index is 13.6. The van der Waals surface area contributed by atoms with Crippen molar-refractivity contribution in [1.29, 1.82) is 0 Å². The molecule has 2 heterocycles. The van der Waals surface area contributed by atoms with Gasteiger partial charge in [0, 0.05) is 30.6 Å². The molecule has 1 spiro atoms. The van der Waals surface area contributed by atoms with Crippen LogP contribution in [0.5, 0.6) is 11.5 Å². The fourth-order valence-corrected chi connectivity index (χ4v) is 7.71. The summed E-state index contributed by atoms with van der Waals surface area (Å²) in [5, 5.41) is 3.54. The average Bonchev–Trinajstić information content (AvgIpc) is 3.64. The van der Waals surface area contributed by atoms with E-state index in [-0.39, 0.29) is 17.7 Å². The molecule has 36 heavy (non-hydrogen) atoms. The quantitative estimate of drug-likeness (QED) is 0.634. The van der Waals surface area contributed by atoms with Gasteiger partial charge in [0.1, 0.15) is 0 Å². The van der Waals surface area contributed by atoms with Crippen LogP contribution in [0.1, 0.15) is 48.8 Å². The van der Waals surface area contributed by atoms with Crippen molar-refractivity contribution in [1.82, 2.24) is 10.2 Å². The summed E-state index contributed by atoms with van der Waals surface area (Å²) in [5.41, 5.74) is 2.19. The van der Waals surface area contributed by atoms with Gasteiger partial charge in [-0.25, -0.2) is 0 Å². The van der Waals surface area contributed by atoms with Crippen LogP contribution in [0.25, 0.3) is 6.08 Å². The van der Waals surface area contributed by atoms with Crippen molar-refractivity contribution in [3.05, 3.63) is 65.2 Å². The van der Waals surface area contributed by atoms with Gasteiger partial charge in [-0.1, -0.05) is 36.4 Å². The number of ketones is 1. The van der Waals surface area contributed by atoms with Crippen molar-refractivity contribution in [2.24, 2.45) is 5.92 Å². The molecule has 3 aliphatic carbocycles. The molecule has 0 aromatic heterocycles. The Bertz CT molecular complexity index is 1270. The molecule has 186 valence electrons. The molecule has 2 aliphatic heterocycles. The summed E-state index contributed by atoms with van der Waals surface area (Å²) < 4.78 is 12.2. The lowest BCUT2D eigenvalue weighted by Gasteiger charge is -2.65. The number of carbonyl (C=O) groups is 2. The highest BCUT2D eigenvalue weighted by Gasteiger charge is 2.73. The van der Waals surface area contributed by atoms with E-state index in [1.165, 1.54) is 18.4 Å². The highest BCUT2D eigenvalue weighted by atomic mass is 16.5. The fourth-order valence-electron chi connectivity index (χ4n) is 7.71. The molecule has 7 rings (SSSR count). The highest BCUT2D eigenvalue weighted by Crippen LogP contribution is 2.65. The summed E-state index contributed by atoms with van der Waals surface area (Å²) in [4.78, 5) is 29.6. The number of nitrogens with one attached hydrogen (secondary N) is 1. The van der Waals surface area contributed by atoms with E-state index in [0.717, 1.165) is 43.0 Å². The second-order valence-electron chi connectivity index (χ2n) is 11.2. The Hall–Kier alpha value is -3.12. The summed E-state index contributed by atoms with van der Waals surface area (Å²) in [5.74, 6) is 2.17. The third kappa shape index (κ3) is 3.00. The van der Waals surface area contributed by atoms with Crippen LogP contribution in [-0.2, 0) is 21.4 Å². The van der Waals surface area contributed by atoms with E-state index in [2.05, 4.69) is 16.3 Å². The van der Waals surface area contributed by atoms with Crippen LogP contribution >= 0.6 is 0 Å². The predicted molar refractivity (Wildman–Crippen MR) is 136 cm³/mol. The molecule has 1 amide bonds. The lowest BCUT2D eigenvalue weighted by atomic mass is 9.47. The van der Waals surface area contributed by atoms with Crippen LogP contribution in [0.4, 0.5) is 0 Å². The number of methoxy groups -OCH3 is 1. The normalized spacial score (nSPS) is 32.2. The molecule has 2 aromatic rings. The first-order chi connectivity index (χ1) is 17.6. The van der Waals surface area contributed by atoms with Crippen molar-refractivity contribution >= 4 is 17.8 Å². The van der Waals surface area contributed by atoms with E-state index >= 15 is 0 Å². The molecular formula is C30H32N2O4. The first-order valence-electron chi connectivity index (χ1n) is 13.2. The summed E-state index contributed by atoms with van der Waals surface area (Å²) in [6.07, 6.45) is 8.18. The Morgan fingerprint density at radius 3 is 2.81 bits per heavy atom.